The highest BCUT2D eigenvalue weighted by molar-refractivity contribution is 7.14. The van der Waals surface area contributed by atoms with Crippen LogP contribution in [0.2, 0.25) is 0 Å². The van der Waals surface area contributed by atoms with E-state index in [0.29, 0.717) is 10.7 Å². The zero-order chi connectivity index (χ0) is 16.4. The van der Waals surface area contributed by atoms with Crippen LogP contribution >= 0.6 is 11.3 Å². The van der Waals surface area contributed by atoms with Gasteiger partial charge in [0.2, 0.25) is 0 Å². The molecule has 0 unspecified atom stereocenters. The number of phenols is 3. The summed E-state index contributed by atoms with van der Waals surface area (Å²) >= 11 is 1.15. The van der Waals surface area contributed by atoms with Gasteiger partial charge in [0.15, 0.2) is 5.13 Å². The summed E-state index contributed by atoms with van der Waals surface area (Å²) in [5, 5.41) is 33.5. The molecule has 0 aliphatic heterocycles. The number of hydrogen-bond donors (Lipinski definition) is 4. The second-order valence-corrected chi connectivity index (χ2v) is 5.45. The van der Waals surface area contributed by atoms with Gasteiger partial charge in [-0.1, -0.05) is 0 Å². The summed E-state index contributed by atoms with van der Waals surface area (Å²) in [6, 6.07) is 5.34. The fourth-order valence-electron chi connectivity index (χ4n) is 1.98. The minimum atomic E-state index is -0.340. The van der Waals surface area contributed by atoms with E-state index in [-0.39, 0.29) is 34.4 Å². The smallest absolute Gasteiger partial charge is 0.257 e. The van der Waals surface area contributed by atoms with Gasteiger partial charge < -0.3 is 15.3 Å². The highest BCUT2D eigenvalue weighted by Gasteiger charge is 2.16. The van der Waals surface area contributed by atoms with Gasteiger partial charge in [-0.3, -0.25) is 15.1 Å². The van der Waals surface area contributed by atoms with Crippen molar-refractivity contribution in [3.05, 3.63) is 47.6 Å². The predicted molar refractivity (Wildman–Crippen MR) is 84.7 cm³/mol. The summed E-state index contributed by atoms with van der Waals surface area (Å²) < 4.78 is 0. The molecule has 23 heavy (non-hydrogen) atoms. The van der Waals surface area contributed by atoms with E-state index >= 15 is 0 Å². The lowest BCUT2D eigenvalue weighted by Gasteiger charge is -2.05. The van der Waals surface area contributed by atoms with Gasteiger partial charge >= 0.3 is 0 Å². The molecule has 1 aromatic carbocycles. The lowest BCUT2D eigenvalue weighted by atomic mass is 10.1. The van der Waals surface area contributed by atoms with Crippen molar-refractivity contribution in [3.8, 4) is 28.5 Å². The van der Waals surface area contributed by atoms with E-state index in [9.17, 15) is 20.1 Å². The first-order chi connectivity index (χ1) is 11.0. The van der Waals surface area contributed by atoms with E-state index in [1.54, 1.807) is 17.5 Å². The van der Waals surface area contributed by atoms with E-state index in [1.807, 2.05) is 0 Å². The average Bonchev–Trinajstić information content (AvgIpc) is 2.95. The first-order valence-corrected chi connectivity index (χ1v) is 7.35. The van der Waals surface area contributed by atoms with Crippen molar-refractivity contribution in [2.75, 3.05) is 5.32 Å². The molecule has 0 atom stereocenters. The zero-order valence-electron chi connectivity index (χ0n) is 11.6. The van der Waals surface area contributed by atoms with Gasteiger partial charge in [0.25, 0.3) is 5.91 Å². The van der Waals surface area contributed by atoms with Gasteiger partial charge in [-0.2, -0.15) is 0 Å². The number of phenolic OH excluding ortho intramolecular Hbond substituents is 3. The molecule has 0 aliphatic carbocycles. The fraction of sp³-hybridized carbons (Fsp3) is 0. The normalized spacial score (nSPS) is 10.4. The Morgan fingerprint density at radius 3 is 2.39 bits per heavy atom. The number of carbonyl (C=O) groups is 1. The van der Waals surface area contributed by atoms with Crippen LogP contribution < -0.4 is 5.32 Å². The molecule has 4 N–H and O–H groups in total. The molecule has 0 radical (unpaired) electrons. The SMILES string of the molecule is O=C(Nc1nc(-c2c(O)cc(O)cc2O)cs1)c1ccncc1. The van der Waals surface area contributed by atoms with Crippen molar-refractivity contribution in [2.24, 2.45) is 0 Å². The summed E-state index contributed by atoms with van der Waals surface area (Å²) in [6.07, 6.45) is 3.02. The molecule has 0 aliphatic rings. The quantitative estimate of drug-likeness (QED) is 0.587. The first-order valence-electron chi connectivity index (χ1n) is 6.47. The third kappa shape index (κ3) is 3.06. The van der Waals surface area contributed by atoms with Gasteiger partial charge in [0.05, 0.1) is 11.3 Å². The molecule has 7 nitrogen and oxygen atoms in total. The Morgan fingerprint density at radius 1 is 1.09 bits per heavy atom. The van der Waals surface area contributed by atoms with Gasteiger partial charge in [-0.15, -0.1) is 11.3 Å². The maximum atomic E-state index is 12.0. The predicted octanol–water partition coefficient (Wildman–Crippen LogP) is 2.57. The summed E-state index contributed by atoms with van der Waals surface area (Å²) in [5.41, 5.74) is 0.811. The Labute approximate surface area is 134 Å². The summed E-state index contributed by atoms with van der Waals surface area (Å²) in [7, 11) is 0. The maximum Gasteiger partial charge on any atom is 0.257 e. The van der Waals surface area contributed by atoms with E-state index in [0.717, 1.165) is 23.5 Å². The molecule has 2 heterocycles. The second kappa shape index (κ2) is 5.93. The molecule has 1 amide bonds. The molecule has 0 spiro atoms. The summed E-state index contributed by atoms with van der Waals surface area (Å²) in [6.45, 7) is 0. The number of carbonyl (C=O) groups excluding carboxylic acids is 1. The Kier molecular flexibility index (Phi) is 3.82. The number of aromatic hydroxyl groups is 3. The van der Waals surface area contributed by atoms with Crippen LogP contribution in [0.4, 0.5) is 5.13 Å². The highest BCUT2D eigenvalue weighted by atomic mass is 32.1. The van der Waals surface area contributed by atoms with Crippen molar-refractivity contribution in [1.29, 1.82) is 0 Å². The second-order valence-electron chi connectivity index (χ2n) is 4.59. The van der Waals surface area contributed by atoms with Crippen molar-refractivity contribution in [2.45, 2.75) is 0 Å². The minimum absolute atomic E-state index is 0.0865. The largest absolute Gasteiger partial charge is 0.508 e. The molecule has 3 aromatic rings. The molecule has 0 bridgehead atoms. The van der Waals surface area contributed by atoms with E-state index in [1.165, 1.54) is 12.4 Å². The lowest BCUT2D eigenvalue weighted by Crippen LogP contribution is -2.11. The Bertz CT molecular complexity index is 841. The molecule has 2 aromatic heterocycles. The minimum Gasteiger partial charge on any atom is -0.508 e. The topological polar surface area (TPSA) is 116 Å². The number of benzene rings is 1. The van der Waals surface area contributed by atoms with E-state index < -0.39 is 0 Å². The number of anilines is 1. The molecular formula is C15H11N3O4S. The highest BCUT2D eigenvalue weighted by Crippen LogP contribution is 2.40. The van der Waals surface area contributed by atoms with Crippen LogP contribution in [0.25, 0.3) is 11.3 Å². The fourth-order valence-corrected chi connectivity index (χ4v) is 2.67. The Balaban J connectivity index is 1.86. The Hall–Kier alpha value is -3.13. The van der Waals surface area contributed by atoms with Crippen LogP contribution in [0.1, 0.15) is 10.4 Å². The number of nitrogens with one attached hydrogen (secondary N) is 1. The van der Waals surface area contributed by atoms with E-state index in [2.05, 4.69) is 15.3 Å². The maximum absolute atomic E-state index is 12.0. The van der Waals surface area contributed by atoms with E-state index in [4.69, 9.17) is 0 Å². The van der Waals surface area contributed by atoms with Crippen molar-refractivity contribution in [1.82, 2.24) is 9.97 Å². The van der Waals surface area contributed by atoms with Crippen LogP contribution in [-0.4, -0.2) is 31.2 Å². The molecule has 0 saturated carbocycles. The number of nitrogens with zero attached hydrogens (tertiary/aromatic N) is 2. The van der Waals surface area contributed by atoms with Crippen LogP contribution in [0.15, 0.2) is 42.0 Å². The summed E-state index contributed by atoms with van der Waals surface area (Å²) in [5.74, 6) is -1.21. The number of rotatable bonds is 3. The molecular weight excluding hydrogens is 318 g/mol. The van der Waals surface area contributed by atoms with Crippen molar-refractivity contribution >= 4 is 22.4 Å². The Morgan fingerprint density at radius 2 is 1.74 bits per heavy atom. The number of thiazole rings is 1. The molecule has 8 heteroatoms. The monoisotopic (exact) mass is 329 g/mol. The number of pyridine rings is 1. The van der Waals surface area contributed by atoms with Crippen LogP contribution in [0.5, 0.6) is 17.2 Å². The molecule has 0 saturated heterocycles. The van der Waals surface area contributed by atoms with Crippen molar-refractivity contribution < 1.29 is 20.1 Å². The first kappa shape index (κ1) is 14.8. The number of amides is 1. The molecule has 3 rings (SSSR count). The van der Waals surface area contributed by atoms with Gasteiger partial charge in [-0.25, -0.2) is 4.98 Å². The van der Waals surface area contributed by atoms with Crippen LogP contribution in [-0.2, 0) is 0 Å². The van der Waals surface area contributed by atoms with Crippen molar-refractivity contribution in [3.63, 3.8) is 0 Å². The third-order valence-corrected chi connectivity index (χ3v) is 3.76. The number of hydrogen-bond acceptors (Lipinski definition) is 7. The standard InChI is InChI=1S/C15H11N3O4S/c19-9-5-11(20)13(12(21)6-9)10-7-23-15(17-10)18-14(22)8-1-3-16-4-2-8/h1-7,19-21H,(H,17,18,22). The number of aromatic nitrogens is 2. The zero-order valence-corrected chi connectivity index (χ0v) is 12.4. The lowest BCUT2D eigenvalue weighted by molar-refractivity contribution is 0.102. The average molecular weight is 329 g/mol. The third-order valence-electron chi connectivity index (χ3n) is 3.00. The summed E-state index contributed by atoms with van der Waals surface area (Å²) in [4.78, 5) is 20.0. The van der Waals surface area contributed by atoms with Gasteiger partial charge in [-0.05, 0) is 12.1 Å². The molecule has 116 valence electrons. The van der Waals surface area contributed by atoms with Gasteiger partial charge in [0, 0.05) is 35.5 Å². The molecule has 0 fully saturated rings. The van der Waals surface area contributed by atoms with Gasteiger partial charge in [0.1, 0.15) is 17.2 Å². The van der Waals surface area contributed by atoms with Crippen LogP contribution in [0, 0.1) is 0 Å². The van der Waals surface area contributed by atoms with Crippen LogP contribution in [0.3, 0.4) is 0 Å².